The molecule has 1 aliphatic rings. The number of rotatable bonds is 4. The average molecular weight is 345 g/mol. The van der Waals surface area contributed by atoms with E-state index in [9.17, 15) is 18.0 Å². The first-order valence-corrected chi connectivity index (χ1v) is 8.68. The molecule has 1 heterocycles. The number of carbonyl (C=O) groups is 2. The van der Waals surface area contributed by atoms with Crippen molar-refractivity contribution in [3.8, 4) is 0 Å². The highest BCUT2D eigenvalue weighted by atomic mass is 35.5. The van der Waals surface area contributed by atoms with Gasteiger partial charge in [0.25, 0.3) is 10.0 Å². The third-order valence-corrected chi connectivity index (χ3v) is 5.13. The average Bonchev–Trinajstić information content (AvgIpc) is 2.81. The zero-order valence-electron chi connectivity index (χ0n) is 12.2. The minimum Gasteiger partial charge on any atom is -0.339 e. The second kappa shape index (κ2) is 6.26. The maximum Gasteiger partial charge on any atom is 0.264 e. The van der Waals surface area contributed by atoms with E-state index in [4.69, 9.17) is 11.6 Å². The number of hydrogen-bond acceptors (Lipinski definition) is 4. The van der Waals surface area contributed by atoms with Crippen LogP contribution in [0.4, 0.5) is 0 Å². The molecule has 8 heteroatoms. The van der Waals surface area contributed by atoms with Crippen LogP contribution >= 0.6 is 11.6 Å². The van der Waals surface area contributed by atoms with Crippen LogP contribution in [0.15, 0.2) is 29.2 Å². The van der Waals surface area contributed by atoms with E-state index in [-0.39, 0.29) is 29.8 Å². The fourth-order valence-electron chi connectivity index (χ4n) is 2.29. The molecule has 0 radical (unpaired) electrons. The molecule has 1 saturated heterocycles. The minimum absolute atomic E-state index is 0.0156. The summed E-state index contributed by atoms with van der Waals surface area (Å²) < 4.78 is 26.3. The van der Waals surface area contributed by atoms with Gasteiger partial charge in [0.15, 0.2) is 0 Å². The fourth-order valence-corrected chi connectivity index (χ4v) is 3.46. The highest BCUT2D eigenvalue weighted by Gasteiger charge is 2.36. The van der Waals surface area contributed by atoms with Crippen LogP contribution in [0.25, 0.3) is 0 Å². The Morgan fingerprint density at radius 2 is 1.91 bits per heavy atom. The van der Waals surface area contributed by atoms with Gasteiger partial charge < -0.3 is 4.90 Å². The number of sulfonamides is 1. The SMILES string of the molecule is CC(C)N1C[C@H](C(=O)NS(=O)(=O)c2ccc(Cl)cc2)CC1=O. The van der Waals surface area contributed by atoms with Crippen molar-refractivity contribution in [2.75, 3.05) is 6.54 Å². The lowest BCUT2D eigenvalue weighted by atomic mass is 10.1. The Morgan fingerprint density at radius 1 is 1.32 bits per heavy atom. The third kappa shape index (κ3) is 3.59. The smallest absolute Gasteiger partial charge is 0.264 e. The van der Waals surface area contributed by atoms with Crippen LogP contribution in [0.5, 0.6) is 0 Å². The number of benzene rings is 1. The second-order valence-corrected chi connectivity index (χ2v) is 7.58. The Balaban J connectivity index is 2.09. The van der Waals surface area contributed by atoms with Crippen LogP contribution in [0.3, 0.4) is 0 Å². The Labute approximate surface area is 134 Å². The molecule has 1 fully saturated rings. The summed E-state index contributed by atoms with van der Waals surface area (Å²) in [6.07, 6.45) is 0.0279. The number of amides is 2. The van der Waals surface area contributed by atoms with E-state index in [0.717, 1.165) is 0 Å². The molecule has 2 rings (SSSR count). The lowest BCUT2D eigenvalue weighted by Gasteiger charge is -2.20. The molecule has 1 N–H and O–H groups in total. The van der Waals surface area contributed by atoms with E-state index < -0.39 is 21.8 Å². The van der Waals surface area contributed by atoms with E-state index in [0.29, 0.717) is 5.02 Å². The molecule has 1 aliphatic heterocycles. The number of carbonyl (C=O) groups excluding carboxylic acids is 2. The molecular formula is C14H17ClN2O4S. The molecule has 120 valence electrons. The molecule has 22 heavy (non-hydrogen) atoms. The first-order valence-electron chi connectivity index (χ1n) is 6.82. The third-order valence-electron chi connectivity index (χ3n) is 3.51. The second-order valence-electron chi connectivity index (χ2n) is 5.46. The van der Waals surface area contributed by atoms with Crippen LogP contribution in [0, 0.1) is 5.92 Å². The summed E-state index contributed by atoms with van der Waals surface area (Å²) in [6, 6.07) is 5.48. The van der Waals surface area contributed by atoms with E-state index in [1.54, 1.807) is 4.90 Å². The van der Waals surface area contributed by atoms with Gasteiger partial charge in [-0.15, -0.1) is 0 Å². The molecule has 6 nitrogen and oxygen atoms in total. The zero-order chi connectivity index (χ0) is 16.5. The monoisotopic (exact) mass is 344 g/mol. The normalized spacial score (nSPS) is 18.8. The maximum atomic E-state index is 12.1. The molecule has 0 unspecified atom stereocenters. The number of nitrogens with one attached hydrogen (secondary N) is 1. The summed E-state index contributed by atoms with van der Waals surface area (Å²) >= 11 is 5.71. The van der Waals surface area contributed by atoms with Crippen LogP contribution in [0.2, 0.25) is 5.02 Å². The molecule has 1 aromatic rings. The minimum atomic E-state index is -3.96. The van der Waals surface area contributed by atoms with E-state index >= 15 is 0 Å². The van der Waals surface area contributed by atoms with Crippen molar-refractivity contribution >= 4 is 33.4 Å². The van der Waals surface area contributed by atoms with E-state index in [2.05, 4.69) is 0 Å². The molecule has 0 aromatic heterocycles. The van der Waals surface area contributed by atoms with Gasteiger partial charge in [-0.3, -0.25) is 9.59 Å². The molecule has 0 saturated carbocycles. The summed E-state index contributed by atoms with van der Waals surface area (Å²) in [7, 11) is -3.96. The number of likely N-dealkylation sites (tertiary alicyclic amines) is 1. The quantitative estimate of drug-likeness (QED) is 0.895. The Morgan fingerprint density at radius 3 is 2.41 bits per heavy atom. The lowest BCUT2D eigenvalue weighted by Crippen LogP contribution is -2.38. The van der Waals surface area contributed by atoms with Gasteiger partial charge in [-0.2, -0.15) is 0 Å². The fraction of sp³-hybridized carbons (Fsp3) is 0.429. The van der Waals surface area contributed by atoms with Crippen molar-refractivity contribution in [3.05, 3.63) is 29.3 Å². The topological polar surface area (TPSA) is 83.6 Å². The maximum absolute atomic E-state index is 12.1. The number of nitrogens with zero attached hydrogens (tertiary/aromatic N) is 1. The standard InChI is InChI=1S/C14H17ClN2O4S/c1-9(2)17-8-10(7-13(17)18)14(19)16-22(20,21)12-5-3-11(15)4-6-12/h3-6,9-10H,7-8H2,1-2H3,(H,16,19)/t10-/m1/s1. The summed E-state index contributed by atoms with van der Waals surface area (Å²) in [5, 5.41) is 0.402. The Hall–Kier alpha value is -1.60. The highest BCUT2D eigenvalue weighted by molar-refractivity contribution is 7.90. The first-order chi connectivity index (χ1) is 10.2. The van der Waals surface area contributed by atoms with Crippen molar-refractivity contribution in [1.82, 2.24) is 9.62 Å². The van der Waals surface area contributed by atoms with Gasteiger partial charge in [0.1, 0.15) is 0 Å². The van der Waals surface area contributed by atoms with Crippen LogP contribution < -0.4 is 4.72 Å². The number of hydrogen-bond donors (Lipinski definition) is 1. The van der Waals surface area contributed by atoms with Gasteiger partial charge in [0.2, 0.25) is 11.8 Å². The van der Waals surface area contributed by atoms with E-state index in [1.807, 2.05) is 18.6 Å². The summed E-state index contributed by atoms with van der Waals surface area (Å²) in [5.41, 5.74) is 0. The van der Waals surface area contributed by atoms with Crippen LogP contribution in [-0.4, -0.2) is 37.7 Å². The predicted octanol–water partition coefficient (Wildman–Crippen LogP) is 1.40. The van der Waals surface area contributed by atoms with Crippen molar-refractivity contribution in [2.45, 2.75) is 31.2 Å². The van der Waals surface area contributed by atoms with Gasteiger partial charge in [-0.25, -0.2) is 13.1 Å². The Bertz CT molecular complexity index is 685. The molecule has 0 aliphatic carbocycles. The largest absolute Gasteiger partial charge is 0.339 e. The summed E-state index contributed by atoms with van der Waals surface area (Å²) in [4.78, 5) is 25.4. The summed E-state index contributed by atoms with van der Waals surface area (Å²) in [5.74, 6) is -1.46. The van der Waals surface area contributed by atoms with Crippen LogP contribution in [-0.2, 0) is 19.6 Å². The van der Waals surface area contributed by atoms with Crippen molar-refractivity contribution < 1.29 is 18.0 Å². The lowest BCUT2D eigenvalue weighted by molar-refractivity contribution is -0.129. The Kier molecular flexibility index (Phi) is 4.77. The van der Waals surface area contributed by atoms with Gasteiger partial charge in [0, 0.05) is 24.0 Å². The molecule has 1 aromatic carbocycles. The van der Waals surface area contributed by atoms with Gasteiger partial charge in [-0.05, 0) is 38.1 Å². The van der Waals surface area contributed by atoms with Crippen molar-refractivity contribution in [3.63, 3.8) is 0 Å². The molecule has 0 bridgehead atoms. The van der Waals surface area contributed by atoms with Gasteiger partial charge in [0.05, 0.1) is 10.8 Å². The van der Waals surface area contributed by atoms with Crippen molar-refractivity contribution in [1.29, 1.82) is 0 Å². The molecule has 2 amide bonds. The summed E-state index contributed by atoms with van der Waals surface area (Å²) in [6.45, 7) is 3.93. The van der Waals surface area contributed by atoms with Crippen molar-refractivity contribution in [2.24, 2.45) is 5.92 Å². The van der Waals surface area contributed by atoms with E-state index in [1.165, 1.54) is 24.3 Å². The highest BCUT2D eigenvalue weighted by Crippen LogP contribution is 2.21. The van der Waals surface area contributed by atoms with Gasteiger partial charge in [-0.1, -0.05) is 11.6 Å². The molecule has 0 spiro atoms. The predicted molar refractivity (Wildman–Crippen MR) is 81.7 cm³/mol. The molecular weight excluding hydrogens is 328 g/mol. The zero-order valence-corrected chi connectivity index (χ0v) is 13.8. The van der Waals surface area contributed by atoms with Gasteiger partial charge >= 0.3 is 0 Å². The molecule has 1 atom stereocenters. The first kappa shape index (κ1) is 16.8. The van der Waals surface area contributed by atoms with Crippen LogP contribution in [0.1, 0.15) is 20.3 Å². The number of halogens is 1.